The van der Waals surface area contributed by atoms with E-state index in [2.05, 4.69) is 21.2 Å². The van der Waals surface area contributed by atoms with E-state index in [1.165, 1.54) is 0 Å². The Kier molecular flexibility index (Phi) is 5.23. The van der Waals surface area contributed by atoms with Gasteiger partial charge in [-0.05, 0) is 36.5 Å². The van der Waals surface area contributed by atoms with Gasteiger partial charge >= 0.3 is 5.97 Å². The molecule has 6 nitrogen and oxygen atoms in total. The van der Waals surface area contributed by atoms with Gasteiger partial charge in [0.1, 0.15) is 11.8 Å². The monoisotopic (exact) mass is 389 g/mol. The van der Waals surface area contributed by atoms with Crippen molar-refractivity contribution in [1.29, 1.82) is 0 Å². The van der Waals surface area contributed by atoms with Crippen LogP contribution in [0.15, 0.2) is 28.7 Å². The second kappa shape index (κ2) is 6.78. The molecule has 8 heteroatoms. The number of carboxylic acid groups (broad SMARTS) is 1. The fourth-order valence-electron chi connectivity index (χ4n) is 2.11. The van der Waals surface area contributed by atoms with E-state index >= 15 is 0 Å². The first-order valence-electron chi connectivity index (χ1n) is 6.74. The Morgan fingerprint density at radius 1 is 1.27 bits per heavy atom. The van der Waals surface area contributed by atoms with E-state index in [1.54, 1.807) is 24.3 Å². The average Bonchev–Trinajstić information content (AvgIpc) is 3.22. The van der Waals surface area contributed by atoms with E-state index in [1.807, 2.05) is 0 Å². The van der Waals surface area contributed by atoms with E-state index in [4.69, 9.17) is 5.11 Å². The van der Waals surface area contributed by atoms with Gasteiger partial charge in [-0.25, -0.2) is 13.2 Å². The summed E-state index contributed by atoms with van der Waals surface area (Å²) in [5.74, 6) is -2.94. The standard InChI is InChI=1S/C14H16BrNO5S/c15-11-5-1-9(2-6-11)7-22(20,21)8-12(17)16-13(14(18)19)10-3-4-10/h1-2,5-6,10,13H,3-4,7-8H2,(H,16,17)(H,18,19). The molecule has 0 bridgehead atoms. The first-order chi connectivity index (χ1) is 10.3. The lowest BCUT2D eigenvalue weighted by molar-refractivity contribution is -0.142. The molecule has 1 aliphatic carbocycles. The van der Waals surface area contributed by atoms with Gasteiger partial charge in [0.25, 0.3) is 0 Å². The Balaban J connectivity index is 1.94. The maximum Gasteiger partial charge on any atom is 0.326 e. The molecule has 2 rings (SSSR count). The second-order valence-electron chi connectivity index (χ2n) is 5.38. The number of sulfone groups is 1. The van der Waals surface area contributed by atoms with Gasteiger partial charge in [0.05, 0.1) is 5.75 Å². The normalized spacial score (nSPS) is 16.0. The summed E-state index contributed by atoms with van der Waals surface area (Å²) >= 11 is 3.26. The van der Waals surface area contributed by atoms with Gasteiger partial charge < -0.3 is 10.4 Å². The minimum absolute atomic E-state index is 0.0874. The van der Waals surface area contributed by atoms with Gasteiger partial charge in [-0.2, -0.15) is 0 Å². The predicted octanol–water partition coefficient (Wildman–Crippen LogP) is 1.34. The first kappa shape index (κ1) is 17.0. The predicted molar refractivity (Wildman–Crippen MR) is 83.9 cm³/mol. The van der Waals surface area contributed by atoms with Crippen LogP contribution in [0, 0.1) is 5.92 Å². The molecule has 0 aromatic heterocycles. The summed E-state index contributed by atoms with van der Waals surface area (Å²) in [4.78, 5) is 22.8. The smallest absolute Gasteiger partial charge is 0.326 e. The van der Waals surface area contributed by atoms with Crippen molar-refractivity contribution in [3.63, 3.8) is 0 Å². The van der Waals surface area contributed by atoms with Crippen molar-refractivity contribution in [2.45, 2.75) is 24.6 Å². The van der Waals surface area contributed by atoms with E-state index in [0.717, 1.165) is 17.3 Å². The molecule has 120 valence electrons. The van der Waals surface area contributed by atoms with Gasteiger partial charge in [0.15, 0.2) is 9.84 Å². The lowest BCUT2D eigenvalue weighted by atomic mass is 10.2. The SMILES string of the molecule is O=C(CS(=O)(=O)Cc1ccc(Br)cc1)NC(C(=O)O)C1CC1. The molecule has 0 heterocycles. The maximum atomic E-state index is 12.0. The zero-order chi connectivity index (χ0) is 16.3. The van der Waals surface area contributed by atoms with E-state index in [9.17, 15) is 18.0 Å². The van der Waals surface area contributed by atoms with Gasteiger partial charge in [0.2, 0.25) is 5.91 Å². The molecule has 1 fully saturated rings. The highest BCUT2D eigenvalue weighted by Gasteiger charge is 2.37. The van der Waals surface area contributed by atoms with Gasteiger partial charge in [-0.15, -0.1) is 0 Å². The number of nitrogens with one attached hydrogen (secondary N) is 1. The fraction of sp³-hybridized carbons (Fsp3) is 0.429. The highest BCUT2D eigenvalue weighted by Crippen LogP contribution is 2.32. The minimum Gasteiger partial charge on any atom is -0.480 e. The molecule has 22 heavy (non-hydrogen) atoms. The van der Waals surface area contributed by atoms with Crippen LogP contribution in [-0.4, -0.2) is 37.2 Å². The van der Waals surface area contributed by atoms with Crippen molar-refractivity contribution in [3.8, 4) is 0 Å². The number of carbonyl (C=O) groups is 2. The Morgan fingerprint density at radius 2 is 1.86 bits per heavy atom. The van der Waals surface area contributed by atoms with Crippen LogP contribution in [-0.2, 0) is 25.2 Å². The largest absolute Gasteiger partial charge is 0.480 e. The topological polar surface area (TPSA) is 101 Å². The quantitative estimate of drug-likeness (QED) is 0.732. The molecule has 1 atom stereocenters. The third kappa shape index (κ3) is 5.10. The summed E-state index contributed by atoms with van der Waals surface area (Å²) in [7, 11) is -3.64. The van der Waals surface area contributed by atoms with Crippen LogP contribution in [0.5, 0.6) is 0 Å². The Hall–Kier alpha value is -1.41. The highest BCUT2D eigenvalue weighted by atomic mass is 79.9. The first-order valence-corrected chi connectivity index (χ1v) is 9.35. The van der Waals surface area contributed by atoms with Crippen molar-refractivity contribution in [2.75, 3.05) is 5.75 Å². The van der Waals surface area contributed by atoms with Crippen LogP contribution in [0.1, 0.15) is 18.4 Å². The molecule has 1 unspecified atom stereocenters. The third-order valence-corrected chi connectivity index (χ3v) is 5.33. The molecule has 0 aliphatic heterocycles. The van der Waals surface area contributed by atoms with Gasteiger partial charge in [-0.3, -0.25) is 4.79 Å². The average molecular weight is 390 g/mol. The lowest BCUT2D eigenvalue weighted by Gasteiger charge is -2.13. The molecule has 0 saturated heterocycles. The van der Waals surface area contributed by atoms with Crippen molar-refractivity contribution in [1.82, 2.24) is 5.32 Å². The van der Waals surface area contributed by atoms with E-state index < -0.39 is 33.5 Å². The van der Waals surface area contributed by atoms with Gasteiger partial charge in [0, 0.05) is 4.47 Å². The Morgan fingerprint density at radius 3 is 2.36 bits per heavy atom. The van der Waals surface area contributed by atoms with Crippen LogP contribution >= 0.6 is 15.9 Å². The number of carbonyl (C=O) groups excluding carboxylic acids is 1. The summed E-state index contributed by atoms with van der Waals surface area (Å²) in [5, 5.41) is 11.3. The number of aliphatic carboxylic acids is 1. The second-order valence-corrected chi connectivity index (χ2v) is 8.36. The molecule has 1 amide bonds. The summed E-state index contributed by atoms with van der Waals surface area (Å²) in [5.41, 5.74) is 0.577. The summed E-state index contributed by atoms with van der Waals surface area (Å²) in [6.07, 6.45) is 1.48. The van der Waals surface area contributed by atoms with Gasteiger partial charge in [-0.1, -0.05) is 28.1 Å². The van der Waals surface area contributed by atoms with Crippen molar-refractivity contribution in [2.24, 2.45) is 5.92 Å². The number of amides is 1. The molecule has 1 aromatic carbocycles. The number of rotatable bonds is 7. The zero-order valence-corrected chi connectivity index (χ0v) is 14.1. The lowest BCUT2D eigenvalue weighted by Crippen LogP contribution is -2.44. The van der Waals surface area contributed by atoms with Crippen LogP contribution in [0.2, 0.25) is 0 Å². The molecular formula is C14H16BrNO5S. The maximum absolute atomic E-state index is 12.0. The van der Waals surface area contributed by atoms with Crippen molar-refractivity contribution < 1.29 is 23.1 Å². The number of benzene rings is 1. The van der Waals surface area contributed by atoms with Crippen LogP contribution in [0.3, 0.4) is 0 Å². The third-order valence-electron chi connectivity index (χ3n) is 3.33. The Bertz CT molecular complexity index is 667. The zero-order valence-electron chi connectivity index (χ0n) is 11.7. The molecular weight excluding hydrogens is 374 g/mol. The molecule has 1 aromatic rings. The summed E-state index contributed by atoms with van der Waals surface area (Å²) < 4.78 is 24.9. The Labute approximate surface area is 137 Å². The molecule has 0 spiro atoms. The molecule has 1 aliphatic rings. The summed E-state index contributed by atoms with van der Waals surface area (Å²) in [6.45, 7) is 0. The number of halogens is 1. The highest BCUT2D eigenvalue weighted by molar-refractivity contribution is 9.10. The molecule has 1 saturated carbocycles. The van der Waals surface area contributed by atoms with Crippen LogP contribution < -0.4 is 5.32 Å². The fourth-order valence-corrected chi connectivity index (χ4v) is 3.66. The van der Waals surface area contributed by atoms with E-state index in [0.29, 0.717) is 5.56 Å². The molecule has 0 radical (unpaired) electrons. The molecule has 2 N–H and O–H groups in total. The van der Waals surface area contributed by atoms with Crippen molar-refractivity contribution >= 4 is 37.6 Å². The van der Waals surface area contributed by atoms with E-state index in [-0.39, 0.29) is 11.7 Å². The summed E-state index contributed by atoms with van der Waals surface area (Å²) in [6, 6.07) is 5.76. The van der Waals surface area contributed by atoms with Crippen molar-refractivity contribution in [3.05, 3.63) is 34.3 Å². The van der Waals surface area contributed by atoms with Crippen LogP contribution in [0.25, 0.3) is 0 Å². The number of carboxylic acids is 1. The number of hydrogen-bond donors (Lipinski definition) is 2. The minimum atomic E-state index is -3.64. The number of hydrogen-bond acceptors (Lipinski definition) is 4. The van der Waals surface area contributed by atoms with Crippen LogP contribution in [0.4, 0.5) is 0 Å².